The third-order valence-electron chi connectivity index (χ3n) is 3.28. The van der Waals surface area contributed by atoms with Crippen molar-refractivity contribution in [1.82, 2.24) is 0 Å². The Morgan fingerprint density at radius 1 is 1.35 bits per heavy atom. The van der Waals surface area contributed by atoms with E-state index in [1.54, 1.807) is 11.8 Å². The molecule has 0 radical (unpaired) electrons. The zero-order valence-electron chi connectivity index (χ0n) is 10.6. The minimum absolute atomic E-state index is 0.0205. The van der Waals surface area contributed by atoms with Crippen LogP contribution >= 0.6 is 11.8 Å². The van der Waals surface area contributed by atoms with Crippen LogP contribution in [0.3, 0.4) is 0 Å². The van der Waals surface area contributed by atoms with Gasteiger partial charge in [-0.3, -0.25) is 4.79 Å². The minimum atomic E-state index is -2.98. The van der Waals surface area contributed by atoms with Gasteiger partial charge in [0.05, 0.1) is 11.0 Å². The van der Waals surface area contributed by atoms with Gasteiger partial charge in [0.15, 0.2) is 0 Å². The summed E-state index contributed by atoms with van der Waals surface area (Å²) in [6.45, 7) is 2.10. The quantitative estimate of drug-likeness (QED) is 0.700. The van der Waals surface area contributed by atoms with Crippen molar-refractivity contribution < 1.29 is 13.2 Å². The van der Waals surface area contributed by atoms with Gasteiger partial charge in [0, 0.05) is 12.2 Å². The van der Waals surface area contributed by atoms with Gasteiger partial charge >= 0.3 is 0 Å². The summed E-state index contributed by atoms with van der Waals surface area (Å²) in [4.78, 5) is 11.9. The molecule has 5 heteroatoms. The number of ketones is 1. The zero-order chi connectivity index (χ0) is 12.9. The van der Waals surface area contributed by atoms with E-state index in [1.165, 1.54) is 6.26 Å². The number of carbonyl (C=O) groups excluding carboxylic acids is 1. The molecule has 3 nitrogen and oxygen atoms in total. The molecule has 0 aliphatic heterocycles. The lowest BCUT2D eigenvalue weighted by Gasteiger charge is -2.26. The number of hydrogen-bond acceptors (Lipinski definition) is 4. The van der Waals surface area contributed by atoms with Gasteiger partial charge in [0.1, 0.15) is 15.6 Å². The van der Waals surface area contributed by atoms with Gasteiger partial charge < -0.3 is 0 Å². The van der Waals surface area contributed by atoms with Crippen LogP contribution in [0.2, 0.25) is 0 Å². The molecule has 2 atom stereocenters. The van der Waals surface area contributed by atoms with Crippen molar-refractivity contribution in [3.8, 4) is 0 Å². The Balaban J connectivity index is 2.46. The number of rotatable bonds is 6. The molecule has 0 N–H and O–H groups in total. The van der Waals surface area contributed by atoms with Crippen molar-refractivity contribution in [2.75, 3.05) is 17.8 Å². The Kier molecular flexibility index (Phi) is 6.00. The fourth-order valence-electron chi connectivity index (χ4n) is 2.26. The van der Waals surface area contributed by atoms with Crippen molar-refractivity contribution in [1.29, 1.82) is 0 Å². The Bertz CT molecular complexity index is 349. The molecule has 0 spiro atoms. The zero-order valence-corrected chi connectivity index (χ0v) is 12.3. The maximum atomic E-state index is 11.9. The first-order chi connectivity index (χ1) is 7.95. The molecule has 0 saturated heterocycles. The van der Waals surface area contributed by atoms with E-state index in [2.05, 4.69) is 6.92 Å². The van der Waals surface area contributed by atoms with E-state index in [0.29, 0.717) is 12.2 Å². The fraction of sp³-hybridized carbons (Fsp3) is 0.917. The Morgan fingerprint density at radius 2 is 2.06 bits per heavy atom. The second kappa shape index (κ2) is 6.78. The normalized spacial score (nSPS) is 25.8. The fourth-order valence-corrected chi connectivity index (χ4v) is 4.31. The van der Waals surface area contributed by atoms with Crippen molar-refractivity contribution >= 4 is 27.4 Å². The third kappa shape index (κ3) is 5.00. The molecule has 1 saturated carbocycles. The maximum Gasteiger partial charge on any atom is 0.150 e. The van der Waals surface area contributed by atoms with Crippen molar-refractivity contribution in [2.24, 2.45) is 5.92 Å². The van der Waals surface area contributed by atoms with Crippen LogP contribution in [0, 0.1) is 5.92 Å². The predicted octanol–water partition coefficient (Wildman–Crippen LogP) is 2.30. The lowest BCUT2D eigenvalue weighted by Crippen LogP contribution is -2.31. The third-order valence-corrected chi connectivity index (χ3v) is 6.10. The smallest absolute Gasteiger partial charge is 0.150 e. The molecule has 0 bridgehead atoms. The highest BCUT2D eigenvalue weighted by Crippen LogP contribution is 2.29. The van der Waals surface area contributed by atoms with E-state index in [4.69, 9.17) is 0 Å². The van der Waals surface area contributed by atoms with E-state index in [0.717, 1.165) is 31.4 Å². The summed E-state index contributed by atoms with van der Waals surface area (Å²) in [5, 5.41) is -0.290. The van der Waals surface area contributed by atoms with Crippen LogP contribution in [0.25, 0.3) is 0 Å². The van der Waals surface area contributed by atoms with Crippen LogP contribution in [0.4, 0.5) is 0 Å². The van der Waals surface area contributed by atoms with Crippen LogP contribution in [0.1, 0.15) is 39.0 Å². The molecule has 0 aromatic heterocycles. The first-order valence-electron chi connectivity index (χ1n) is 6.24. The average Bonchev–Trinajstić information content (AvgIpc) is 2.28. The lowest BCUT2D eigenvalue weighted by molar-refractivity contribution is -0.121. The summed E-state index contributed by atoms with van der Waals surface area (Å²) in [6, 6.07) is 0. The molecule has 0 heterocycles. The van der Waals surface area contributed by atoms with E-state index < -0.39 is 9.84 Å². The van der Waals surface area contributed by atoms with E-state index >= 15 is 0 Å². The Morgan fingerprint density at radius 3 is 2.65 bits per heavy atom. The minimum Gasteiger partial charge on any atom is -0.298 e. The van der Waals surface area contributed by atoms with Crippen LogP contribution in [0.5, 0.6) is 0 Å². The Labute approximate surface area is 109 Å². The van der Waals surface area contributed by atoms with Gasteiger partial charge in [-0.05, 0) is 31.4 Å². The summed E-state index contributed by atoms with van der Waals surface area (Å²) in [5.74, 6) is 1.78. The van der Waals surface area contributed by atoms with Gasteiger partial charge in [-0.1, -0.05) is 13.3 Å². The van der Waals surface area contributed by atoms with Gasteiger partial charge in [0.25, 0.3) is 0 Å². The number of thioether (sulfide) groups is 1. The average molecular weight is 278 g/mol. The standard InChI is InChI=1S/C12H22O3S2/c1-3-7-16-9-12(13)10-5-4-6-11(8-10)17(2,14)15/h10-11H,3-9H2,1-2H3. The number of sulfone groups is 1. The van der Waals surface area contributed by atoms with Crippen molar-refractivity contribution in [3.63, 3.8) is 0 Å². The lowest BCUT2D eigenvalue weighted by atomic mass is 9.86. The molecule has 1 fully saturated rings. The summed E-state index contributed by atoms with van der Waals surface area (Å²) in [6.07, 6.45) is 5.38. The number of Topliss-reactive ketones (excluding diaryl/α,β-unsaturated/α-hetero) is 1. The summed E-state index contributed by atoms with van der Waals surface area (Å²) in [7, 11) is -2.98. The number of carbonyl (C=O) groups is 1. The largest absolute Gasteiger partial charge is 0.298 e. The first-order valence-corrected chi connectivity index (χ1v) is 9.35. The van der Waals surface area contributed by atoms with Gasteiger partial charge in [-0.25, -0.2) is 8.42 Å². The molecular formula is C12H22O3S2. The highest BCUT2D eigenvalue weighted by atomic mass is 32.2. The topological polar surface area (TPSA) is 51.2 Å². The van der Waals surface area contributed by atoms with Crippen LogP contribution in [-0.4, -0.2) is 37.2 Å². The molecule has 1 aliphatic carbocycles. The summed E-state index contributed by atoms with van der Waals surface area (Å²) < 4.78 is 23.0. The highest BCUT2D eigenvalue weighted by molar-refractivity contribution is 7.99. The molecule has 0 amide bonds. The SMILES string of the molecule is CCCSCC(=O)C1CCCC(S(C)(=O)=O)C1. The van der Waals surface area contributed by atoms with E-state index in [1.807, 2.05) is 0 Å². The molecule has 2 unspecified atom stereocenters. The van der Waals surface area contributed by atoms with Crippen molar-refractivity contribution in [2.45, 2.75) is 44.3 Å². The van der Waals surface area contributed by atoms with Gasteiger partial charge in [-0.2, -0.15) is 11.8 Å². The monoisotopic (exact) mass is 278 g/mol. The van der Waals surface area contributed by atoms with Crippen LogP contribution < -0.4 is 0 Å². The summed E-state index contributed by atoms with van der Waals surface area (Å²) in [5.41, 5.74) is 0. The molecule has 100 valence electrons. The van der Waals surface area contributed by atoms with E-state index in [-0.39, 0.29) is 17.0 Å². The van der Waals surface area contributed by atoms with E-state index in [9.17, 15) is 13.2 Å². The van der Waals surface area contributed by atoms with Crippen molar-refractivity contribution in [3.05, 3.63) is 0 Å². The highest BCUT2D eigenvalue weighted by Gasteiger charge is 2.31. The molecule has 0 aromatic rings. The first kappa shape index (κ1) is 15.0. The van der Waals surface area contributed by atoms with Gasteiger partial charge in [0.2, 0.25) is 0 Å². The maximum absolute atomic E-state index is 11.9. The molecular weight excluding hydrogens is 256 g/mol. The predicted molar refractivity (Wildman–Crippen MR) is 73.2 cm³/mol. The second-order valence-electron chi connectivity index (χ2n) is 4.83. The molecule has 0 aromatic carbocycles. The summed E-state index contributed by atoms with van der Waals surface area (Å²) >= 11 is 1.66. The Hall–Kier alpha value is -0.0300. The molecule has 1 aliphatic rings. The second-order valence-corrected chi connectivity index (χ2v) is 8.26. The van der Waals surface area contributed by atoms with Crippen LogP contribution in [0.15, 0.2) is 0 Å². The van der Waals surface area contributed by atoms with Crippen LogP contribution in [-0.2, 0) is 14.6 Å². The molecule has 1 rings (SSSR count). The number of hydrogen-bond donors (Lipinski definition) is 0. The van der Waals surface area contributed by atoms with Gasteiger partial charge in [-0.15, -0.1) is 0 Å². The molecule has 17 heavy (non-hydrogen) atoms.